The van der Waals surface area contributed by atoms with Crippen LogP contribution in [-0.4, -0.2) is 59.6 Å². The number of hydrogen-bond acceptors (Lipinski definition) is 5. The van der Waals surface area contributed by atoms with Gasteiger partial charge in [0.2, 0.25) is 5.91 Å². The highest BCUT2D eigenvalue weighted by Crippen LogP contribution is 2.08. The first kappa shape index (κ1) is 13.4. The number of nitrogens with one attached hydrogen (secondary N) is 2. The average Bonchev–Trinajstić information content (AvgIpc) is 2.40. The molecule has 0 bridgehead atoms. The minimum absolute atomic E-state index is 0.0555. The molecule has 1 aliphatic rings. The number of amides is 1. The molecule has 19 heavy (non-hydrogen) atoms. The Morgan fingerprint density at radius 1 is 1.37 bits per heavy atom. The number of carbonyl (C=O) groups is 2. The molecule has 0 spiro atoms. The number of carboxylic acid groups (broad SMARTS) is 1. The summed E-state index contributed by atoms with van der Waals surface area (Å²) in [6.07, 6.45) is 2.68. The predicted octanol–water partition coefficient (Wildman–Crippen LogP) is -0.376. The standard InChI is InChI=1S/C12H16N4O3/c17-11(8-16-3-1-13-2-4-16)15-10-5-9(12(18)19)6-14-7-10/h5-7,13H,1-4,8H2,(H,15,17)(H,18,19). The summed E-state index contributed by atoms with van der Waals surface area (Å²) in [6, 6.07) is 1.39. The van der Waals surface area contributed by atoms with Crippen LogP contribution in [0.5, 0.6) is 0 Å². The number of aromatic nitrogens is 1. The molecule has 3 N–H and O–H groups in total. The number of hydrogen-bond donors (Lipinski definition) is 3. The average molecular weight is 264 g/mol. The van der Waals surface area contributed by atoms with Gasteiger partial charge < -0.3 is 15.7 Å². The maximum absolute atomic E-state index is 11.8. The number of piperazine rings is 1. The van der Waals surface area contributed by atoms with E-state index in [1.807, 2.05) is 4.90 Å². The topological polar surface area (TPSA) is 94.6 Å². The molecular formula is C12H16N4O3. The van der Waals surface area contributed by atoms with Crippen LogP contribution in [-0.2, 0) is 4.79 Å². The summed E-state index contributed by atoms with van der Waals surface area (Å²) >= 11 is 0. The highest BCUT2D eigenvalue weighted by Gasteiger charge is 2.14. The van der Waals surface area contributed by atoms with Crippen LogP contribution >= 0.6 is 0 Å². The molecule has 2 heterocycles. The maximum Gasteiger partial charge on any atom is 0.337 e. The van der Waals surface area contributed by atoms with Gasteiger partial charge in [-0.3, -0.25) is 14.7 Å². The fraction of sp³-hybridized carbons (Fsp3) is 0.417. The van der Waals surface area contributed by atoms with Crippen LogP contribution in [0.3, 0.4) is 0 Å². The Hall–Kier alpha value is -1.99. The van der Waals surface area contributed by atoms with Crippen molar-refractivity contribution in [2.45, 2.75) is 0 Å². The van der Waals surface area contributed by atoms with Crippen LogP contribution in [0.15, 0.2) is 18.5 Å². The Labute approximate surface area is 110 Å². The molecule has 1 fully saturated rings. The van der Waals surface area contributed by atoms with E-state index in [0.717, 1.165) is 26.2 Å². The van der Waals surface area contributed by atoms with Crippen molar-refractivity contribution in [3.63, 3.8) is 0 Å². The maximum atomic E-state index is 11.8. The first-order valence-electron chi connectivity index (χ1n) is 6.06. The molecule has 7 heteroatoms. The molecule has 2 rings (SSSR count). The van der Waals surface area contributed by atoms with Gasteiger partial charge in [0.25, 0.3) is 0 Å². The number of pyridine rings is 1. The lowest BCUT2D eigenvalue weighted by atomic mass is 10.2. The lowest BCUT2D eigenvalue weighted by Gasteiger charge is -2.26. The summed E-state index contributed by atoms with van der Waals surface area (Å²) < 4.78 is 0. The largest absolute Gasteiger partial charge is 0.478 e. The Bertz CT molecular complexity index is 472. The van der Waals surface area contributed by atoms with E-state index in [1.165, 1.54) is 18.5 Å². The zero-order valence-corrected chi connectivity index (χ0v) is 10.4. The van der Waals surface area contributed by atoms with E-state index in [-0.39, 0.29) is 11.5 Å². The monoisotopic (exact) mass is 264 g/mol. The molecule has 0 aromatic carbocycles. The zero-order chi connectivity index (χ0) is 13.7. The molecule has 0 aliphatic carbocycles. The van der Waals surface area contributed by atoms with Gasteiger partial charge in [0, 0.05) is 32.4 Å². The van der Waals surface area contributed by atoms with Gasteiger partial charge in [-0.05, 0) is 6.07 Å². The molecule has 1 amide bonds. The minimum Gasteiger partial charge on any atom is -0.478 e. The molecule has 0 atom stereocenters. The van der Waals surface area contributed by atoms with Gasteiger partial charge in [0.05, 0.1) is 24.0 Å². The van der Waals surface area contributed by atoms with Crippen molar-refractivity contribution >= 4 is 17.6 Å². The van der Waals surface area contributed by atoms with Gasteiger partial charge in [-0.15, -0.1) is 0 Å². The van der Waals surface area contributed by atoms with Gasteiger partial charge in [0.1, 0.15) is 0 Å². The number of nitrogens with zero attached hydrogens (tertiary/aromatic N) is 2. The smallest absolute Gasteiger partial charge is 0.337 e. The molecule has 0 saturated carbocycles. The van der Waals surface area contributed by atoms with E-state index < -0.39 is 5.97 Å². The normalized spacial score (nSPS) is 16.0. The van der Waals surface area contributed by atoms with Gasteiger partial charge in [0.15, 0.2) is 0 Å². The van der Waals surface area contributed by atoms with Crippen LogP contribution in [0, 0.1) is 0 Å². The second-order valence-electron chi connectivity index (χ2n) is 4.34. The van der Waals surface area contributed by atoms with Crippen LogP contribution in [0.4, 0.5) is 5.69 Å². The highest BCUT2D eigenvalue weighted by atomic mass is 16.4. The first-order valence-corrected chi connectivity index (χ1v) is 6.06. The number of carbonyl (C=O) groups excluding carboxylic acids is 1. The second kappa shape index (κ2) is 6.26. The molecule has 1 aliphatic heterocycles. The summed E-state index contributed by atoms with van der Waals surface area (Å²) in [5, 5.41) is 14.7. The third kappa shape index (κ3) is 4.01. The third-order valence-electron chi connectivity index (χ3n) is 2.85. The Morgan fingerprint density at radius 2 is 2.11 bits per heavy atom. The van der Waals surface area contributed by atoms with Crippen LogP contribution in [0.2, 0.25) is 0 Å². The van der Waals surface area contributed by atoms with Gasteiger partial charge >= 0.3 is 5.97 Å². The Kier molecular flexibility index (Phi) is 4.43. The molecule has 102 valence electrons. The van der Waals surface area contributed by atoms with Crippen molar-refractivity contribution in [3.8, 4) is 0 Å². The lowest BCUT2D eigenvalue weighted by Crippen LogP contribution is -2.46. The molecular weight excluding hydrogens is 248 g/mol. The first-order chi connectivity index (χ1) is 9.15. The SMILES string of the molecule is O=C(CN1CCNCC1)Nc1cncc(C(=O)O)c1. The van der Waals surface area contributed by atoms with E-state index in [0.29, 0.717) is 12.2 Å². The van der Waals surface area contributed by atoms with Gasteiger partial charge in [-0.25, -0.2) is 4.79 Å². The van der Waals surface area contributed by atoms with Crippen LogP contribution < -0.4 is 10.6 Å². The van der Waals surface area contributed by atoms with E-state index in [4.69, 9.17) is 5.11 Å². The second-order valence-corrected chi connectivity index (χ2v) is 4.34. The zero-order valence-electron chi connectivity index (χ0n) is 10.4. The van der Waals surface area contributed by atoms with E-state index in [1.54, 1.807) is 0 Å². The van der Waals surface area contributed by atoms with Crippen LogP contribution in [0.1, 0.15) is 10.4 Å². The fourth-order valence-corrected chi connectivity index (χ4v) is 1.90. The number of carboxylic acids is 1. The summed E-state index contributed by atoms with van der Waals surface area (Å²) in [4.78, 5) is 28.4. The van der Waals surface area contributed by atoms with Gasteiger partial charge in [-0.1, -0.05) is 0 Å². The van der Waals surface area contributed by atoms with Crippen molar-refractivity contribution < 1.29 is 14.7 Å². The number of anilines is 1. The summed E-state index contributed by atoms with van der Waals surface area (Å²) in [6.45, 7) is 3.73. The van der Waals surface area contributed by atoms with Crippen molar-refractivity contribution in [2.75, 3.05) is 38.0 Å². The molecule has 1 saturated heterocycles. The fourth-order valence-electron chi connectivity index (χ4n) is 1.90. The lowest BCUT2D eigenvalue weighted by molar-refractivity contribution is -0.117. The minimum atomic E-state index is -1.06. The van der Waals surface area contributed by atoms with E-state index >= 15 is 0 Å². The van der Waals surface area contributed by atoms with E-state index in [2.05, 4.69) is 15.6 Å². The van der Waals surface area contributed by atoms with Gasteiger partial charge in [-0.2, -0.15) is 0 Å². The number of aromatic carboxylic acids is 1. The Balaban J connectivity index is 1.90. The van der Waals surface area contributed by atoms with Crippen LogP contribution in [0.25, 0.3) is 0 Å². The molecule has 0 radical (unpaired) electrons. The van der Waals surface area contributed by atoms with Crippen molar-refractivity contribution in [1.82, 2.24) is 15.2 Å². The van der Waals surface area contributed by atoms with E-state index in [9.17, 15) is 9.59 Å². The predicted molar refractivity (Wildman–Crippen MR) is 69.1 cm³/mol. The van der Waals surface area contributed by atoms with Crippen molar-refractivity contribution in [3.05, 3.63) is 24.0 Å². The number of rotatable bonds is 4. The highest BCUT2D eigenvalue weighted by molar-refractivity contribution is 5.94. The quantitative estimate of drug-likeness (QED) is 0.686. The third-order valence-corrected chi connectivity index (χ3v) is 2.85. The summed E-state index contributed by atoms with van der Waals surface area (Å²) in [5.74, 6) is -1.23. The van der Waals surface area contributed by atoms with Crippen molar-refractivity contribution in [2.24, 2.45) is 0 Å². The molecule has 1 aromatic rings. The summed E-state index contributed by atoms with van der Waals surface area (Å²) in [7, 11) is 0. The molecule has 0 unspecified atom stereocenters. The Morgan fingerprint density at radius 3 is 2.79 bits per heavy atom. The summed E-state index contributed by atoms with van der Waals surface area (Å²) in [5.41, 5.74) is 0.458. The van der Waals surface area contributed by atoms with Crippen molar-refractivity contribution in [1.29, 1.82) is 0 Å². The molecule has 1 aromatic heterocycles. The molecule has 7 nitrogen and oxygen atoms in total.